The summed E-state index contributed by atoms with van der Waals surface area (Å²) in [5.41, 5.74) is 0.307. The molecule has 29 heavy (non-hydrogen) atoms. The Bertz CT molecular complexity index is 700. The molecule has 0 aromatic heterocycles. The minimum atomic E-state index is -0.496. The van der Waals surface area contributed by atoms with Crippen molar-refractivity contribution in [3.05, 3.63) is 0 Å². The highest BCUT2D eigenvalue weighted by atomic mass is 16.4. The van der Waals surface area contributed by atoms with Crippen LogP contribution in [0.4, 0.5) is 0 Å². The molecule has 0 aliphatic heterocycles. The highest BCUT2D eigenvalue weighted by Gasteiger charge is 2.67. The molecule has 5 rings (SSSR count). The van der Waals surface area contributed by atoms with E-state index >= 15 is 0 Å². The lowest BCUT2D eigenvalue weighted by molar-refractivity contribution is -0.216. The zero-order chi connectivity index (χ0) is 20.8. The Kier molecular flexibility index (Phi) is 4.37. The van der Waals surface area contributed by atoms with Crippen LogP contribution >= 0.6 is 0 Å². The molecule has 5 aliphatic carbocycles. The molecule has 3 heteroatoms. The number of hydrogen-bond donors (Lipinski definition) is 2. The zero-order valence-corrected chi connectivity index (χ0v) is 19.0. The van der Waals surface area contributed by atoms with Crippen molar-refractivity contribution in [1.29, 1.82) is 0 Å². The topological polar surface area (TPSA) is 57.5 Å². The first-order valence-corrected chi connectivity index (χ1v) is 12.5. The van der Waals surface area contributed by atoms with Crippen molar-refractivity contribution in [2.75, 3.05) is 0 Å². The van der Waals surface area contributed by atoms with Crippen LogP contribution in [0.3, 0.4) is 0 Å². The Morgan fingerprint density at radius 1 is 0.759 bits per heavy atom. The number of fused-ring (bicyclic) bond motifs is 7. The maximum absolute atomic E-state index is 12.3. The summed E-state index contributed by atoms with van der Waals surface area (Å²) in [5, 5.41) is 20.9. The van der Waals surface area contributed by atoms with E-state index in [1.165, 1.54) is 32.1 Å². The van der Waals surface area contributed by atoms with Gasteiger partial charge in [0.05, 0.1) is 11.5 Å². The van der Waals surface area contributed by atoms with Crippen molar-refractivity contribution in [3.8, 4) is 0 Å². The number of aliphatic carboxylic acids is 1. The van der Waals surface area contributed by atoms with Gasteiger partial charge in [0.2, 0.25) is 0 Å². The molecule has 0 saturated heterocycles. The molecule has 0 spiro atoms. The Labute approximate surface area is 177 Å². The fraction of sp³-hybridized carbons (Fsp3) is 0.962. The second-order valence-corrected chi connectivity index (χ2v) is 12.9. The summed E-state index contributed by atoms with van der Waals surface area (Å²) in [7, 11) is 0. The molecule has 7 unspecified atom stereocenters. The third kappa shape index (κ3) is 2.43. The Hall–Kier alpha value is -0.570. The number of carboxylic acids is 1. The Morgan fingerprint density at radius 3 is 2.21 bits per heavy atom. The summed E-state index contributed by atoms with van der Waals surface area (Å²) in [5.74, 6) is 2.62. The van der Waals surface area contributed by atoms with Gasteiger partial charge in [-0.2, -0.15) is 0 Å². The fourth-order valence-electron chi connectivity index (χ4n) is 10.6. The van der Waals surface area contributed by atoms with Crippen LogP contribution in [0.15, 0.2) is 0 Å². The maximum atomic E-state index is 12.3. The number of aliphatic hydroxyl groups excluding tert-OH is 1. The third-order valence-electron chi connectivity index (χ3n) is 11.9. The van der Waals surface area contributed by atoms with Crippen LogP contribution in [0, 0.1) is 51.2 Å². The average molecular weight is 403 g/mol. The standard InChI is InChI=1S/C26H42O3/c1-23(2)19-10-13-24(3)17-9-15-26(22(28)29)12-5-6-18(26)16(17)7-8-20(24)25(19,4)14-11-21(23)27/h16-21,27H,5-15H2,1-4H3,(H,28,29)/t16?,17?,18?,19?,20?,21-,24?,25?,26-/m0/s1. The highest BCUT2D eigenvalue weighted by molar-refractivity contribution is 5.75. The molecule has 0 radical (unpaired) electrons. The molecule has 5 aliphatic rings. The largest absolute Gasteiger partial charge is 0.481 e. The van der Waals surface area contributed by atoms with E-state index < -0.39 is 11.4 Å². The first-order valence-electron chi connectivity index (χ1n) is 12.5. The van der Waals surface area contributed by atoms with Gasteiger partial charge in [0.1, 0.15) is 0 Å². The molecule has 0 amide bonds. The second kappa shape index (κ2) is 6.24. The summed E-state index contributed by atoms with van der Waals surface area (Å²) in [4.78, 5) is 12.3. The molecular weight excluding hydrogens is 360 g/mol. The first-order chi connectivity index (χ1) is 13.6. The Morgan fingerprint density at radius 2 is 1.48 bits per heavy atom. The quantitative estimate of drug-likeness (QED) is 0.574. The number of hydrogen-bond acceptors (Lipinski definition) is 2. The molecule has 0 aromatic rings. The van der Waals surface area contributed by atoms with E-state index in [1.807, 2.05) is 0 Å². The molecule has 9 atom stereocenters. The minimum Gasteiger partial charge on any atom is -0.481 e. The van der Waals surface area contributed by atoms with E-state index in [0.29, 0.717) is 34.5 Å². The van der Waals surface area contributed by atoms with Gasteiger partial charge in [0, 0.05) is 0 Å². The van der Waals surface area contributed by atoms with E-state index in [4.69, 9.17) is 0 Å². The summed E-state index contributed by atoms with van der Waals surface area (Å²) < 4.78 is 0. The van der Waals surface area contributed by atoms with Crippen molar-refractivity contribution in [3.63, 3.8) is 0 Å². The lowest BCUT2D eigenvalue weighted by atomic mass is 9.36. The van der Waals surface area contributed by atoms with Crippen LogP contribution in [-0.4, -0.2) is 22.3 Å². The van der Waals surface area contributed by atoms with E-state index in [0.717, 1.165) is 44.4 Å². The van der Waals surface area contributed by atoms with Crippen LogP contribution < -0.4 is 0 Å². The highest BCUT2D eigenvalue weighted by Crippen LogP contribution is 2.72. The van der Waals surface area contributed by atoms with Crippen LogP contribution in [0.1, 0.15) is 98.3 Å². The lowest BCUT2D eigenvalue weighted by Crippen LogP contribution is -2.63. The second-order valence-electron chi connectivity index (χ2n) is 12.9. The van der Waals surface area contributed by atoms with Crippen molar-refractivity contribution in [2.45, 2.75) is 104 Å². The fourth-order valence-corrected chi connectivity index (χ4v) is 10.6. The molecule has 0 aromatic carbocycles. The number of rotatable bonds is 1. The normalized spacial score (nSPS) is 55.9. The van der Waals surface area contributed by atoms with E-state index in [-0.39, 0.29) is 11.5 Å². The van der Waals surface area contributed by atoms with Gasteiger partial charge in [0.15, 0.2) is 0 Å². The summed E-state index contributed by atoms with van der Waals surface area (Å²) in [6.45, 7) is 9.78. The van der Waals surface area contributed by atoms with Gasteiger partial charge in [0.25, 0.3) is 0 Å². The van der Waals surface area contributed by atoms with Crippen molar-refractivity contribution in [2.24, 2.45) is 51.2 Å². The maximum Gasteiger partial charge on any atom is 0.309 e. The number of aliphatic hydroxyl groups is 1. The third-order valence-corrected chi connectivity index (χ3v) is 11.9. The van der Waals surface area contributed by atoms with E-state index in [9.17, 15) is 15.0 Å². The predicted octanol–water partition coefficient (Wildman–Crippen LogP) is 5.90. The molecule has 5 saturated carbocycles. The van der Waals surface area contributed by atoms with Crippen molar-refractivity contribution < 1.29 is 15.0 Å². The first kappa shape index (κ1) is 20.3. The molecular formula is C26H42O3. The molecule has 0 heterocycles. The molecule has 164 valence electrons. The van der Waals surface area contributed by atoms with Gasteiger partial charge in [-0.1, -0.05) is 34.1 Å². The predicted molar refractivity (Wildman–Crippen MR) is 114 cm³/mol. The zero-order valence-electron chi connectivity index (χ0n) is 19.0. The van der Waals surface area contributed by atoms with Crippen molar-refractivity contribution in [1.82, 2.24) is 0 Å². The van der Waals surface area contributed by atoms with E-state index in [1.54, 1.807) is 0 Å². The minimum absolute atomic E-state index is 0.0155. The van der Waals surface area contributed by atoms with Gasteiger partial charge in [-0.05, 0) is 110 Å². The summed E-state index contributed by atoms with van der Waals surface area (Å²) in [6, 6.07) is 0. The number of carbonyl (C=O) groups is 1. The van der Waals surface area contributed by atoms with Gasteiger partial charge in [-0.25, -0.2) is 0 Å². The van der Waals surface area contributed by atoms with Gasteiger partial charge < -0.3 is 10.2 Å². The lowest BCUT2D eigenvalue weighted by Gasteiger charge is -2.69. The molecule has 5 fully saturated rings. The number of carboxylic acid groups (broad SMARTS) is 1. The summed E-state index contributed by atoms with van der Waals surface area (Å²) >= 11 is 0. The summed E-state index contributed by atoms with van der Waals surface area (Å²) in [6.07, 6.45) is 12.2. The van der Waals surface area contributed by atoms with Crippen LogP contribution in [-0.2, 0) is 4.79 Å². The molecule has 0 bridgehead atoms. The van der Waals surface area contributed by atoms with Gasteiger partial charge in [-0.3, -0.25) is 4.79 Å². The Balaban J connectivity index is 1.48. The van der Waals surface area contributed by atoms with Crippen LogP contribution in [0.5, 0.6) is 0 Å². The van der Waals surface area contributed by atoms with Crippen molar-refractivity contribution >= 4 is 5.97 Å². The van der Waals surface area contributed by atoms with Crippen LogP contribution in [0.2, 0.25) is 0 Å². The SMILES string of the molecule is CC12CCC3C(C)(CC[C@H](O)C3(C)C)C1CCC1C2CC[C@@]2(C(=O)O)CCCC12. The van der Waals surface area contributed by atoms with Gasteiger partial charge in [-0.15, -0.1) is 0 Å². The van der Waals surface area contributed by atoms with Crippen LogP contribution in [0.25, 0.3) is 0 Å². The average Bonchev–Trinajstić information content (AvgIpc) is 3.11. The molecule has 3 nitrogen and oxygen atoms in total. The smallest absolute Gasteiger partial charge is 0.309 e. The van der Waals surface area contributed by atoms with Gasteiger partial charge >= 0.3 is 5.97 Å². The van der Waals surface area contributed by atoms with E-state index in [2.05, 4.69) is 27.7 Å². The molecule has 2 N–H and O–H groups in total. The monoisotopic (exact) mass is 402 g/mol.